The molecule has 10 aliphatic heterocycles. The van der Waals surface area contributed by atoms with E-state index in [0.29, 0.717) is 0 Å². The molecule has 0 saturated carbocycles. The first kappa shape index (κ1) is 103. The minimum Gasteiger partial charge on any atom is -0.394 e. The van der Waals surface area contributed by atoms with Crippen molar-refractivity contribution in [1.82, 2.24) is 26.6 Å². The van der Waals surface area contributed by atoms with Crippen LogP contribution in [-0.2, 0) is 114 Å². The van der Waals surface area contributed by atoms with Crippen LogP contribution in [-0.4, -0.2) is 529 Å². The van der Waals surface area contributed by atoms with Crippen LogP contribution in [0, 0.1) is 0 Å². The Morgan fingerprint density at radius 2 is 0.504 bits per heavy atom. The second-order valence-corrected chi connectivity index (χ2v) is 31.7. The summed E-state index contributed by atoms with van der Waals surface area (Å²) in [4.78, 5) is 64.3. The lowest BCUT2D eigenvalue weighted by molar-refractivity contribution is -0.403. The highest BCUT2D eigenvalue weighted by Crippen LogP contribution is 2.41. The number of ether oxygens (including phenoxy) is 19. The molecule has 55 heteroatoms. The average Bonchev–Trinajstić information content (AvgIpc) is 0.767. The van der Waals surface area contributed by atoms with Gasteiger partial charge in [-0.05, 0) is 6.92 Å². The van der Waals surface area contributed by atoms with Gasteiger partial charge in [-0.1, -0.05) is 0 Å². The number of aliphatic hydroxyl groups is 26. The van der Waals surface area contributed by atoms with E-state index in [2.05, 4.69) is 26.6 Å². The number of hydrogen-bond acceptors (Lipinski definition) is 50. The molecule has 0 aromatic rings. The third-order valence-electron chi connectivity index (χ3n) is 22.8. The number of carbonyl (C=O) groups is 5. The molecule has 55 nitrogen and oxygen atoms in total. The second-order valence-electron chi connectivity index (χ2n) is 31.7. The Kier molecular flexibility index (Phi) is 36.8. The van der Waals surface area contributed by atoms with Crippen molar-refractivity contribution < 1.29 is 247 Å². The molecule has 50 atom stereocenters. The molecule has 10 saturated heterocycles. The Bertz CT molecular complexity index is 3420. The summed E-state index contributed by atoms with van der Waals surface area (Å²) in [6.07, 6.45) is -94.1. The van der Waals surface area contributed by atoms with E-state index in [9.17, 15) is 157 Å². The van der Waals surface area contributed by atoms with Crippen LogP contribution >= 0.6 is 0 Å². The first-order valence-electron chi connectivity index (χ1n) is 40.0. The number of nitrogens with one attached hydrogen (secondary N) is 5. The molecule has 125 heavy (non-hydrogen) atoms. The fraction of sp³-hybridized carbons (Fsp3) is 0.929. The predicted octanol–water partition coefficient (Wildman–Crippen LogP) is -21.1. The van der Waals surface area contributed by atoms with Crippen LogP contribution in [0.2, 0.25) is 0 Å². The zero-order valence-corrected chi connectivity index (χ0v) is 67.7. The summed E-state index contributed by atoms with van der Waals surface area (Å²) in [5.74, 6) is -4.64. The highest BCUT2D eigenvalue weighted by atomic mass is 16.8. The number of hydrogen-bond donors (Lipinski definition) is 31. The molecule has 5 amide bonds. The molecule has 0 aromatic heterocycles. The van der Waals surface area contributed by atoms with Gasteiger partial charge in [0.25, 0.3) is 0 Å². The molecule has 0 bridgehead atoms. The number of amides is 5. The van der Waals surface area contributed by atoms with E-state index in [4.69, 9.17) is 90.0 Å². The van der Waals surface area contributed by atoms with Gasteiger partial charge in [-0.2, -0.15) is 0 Å². The van der Waals surface area contributed by atoms with E-state index in [0.717, 1.165) is 34.6 Å². The number of carbonyl (C=O) groups excluding carboxylic acids is 5. The molecule has 31 N–H and O–H groups in total. The van der Waals surface area contributed by atoms with Crippen LogP contribution in [0.15, 0.2) is 0 Å². The lowest BCUT2D eigenvalue weighted by Gasteiger charge is -2.52. The lowest BCUT2D eigenvalue weighted by Crippen LogP contribution is -2.71. The molecule has 722 valence electrons. The standard InChI is InChI=1S/C70H117N5O50/c1-16-36(88)47(99)50(102)66(109-16)107-15-30-57(44(96)31(61(106)110-30)71-17(2)83)120-64-34(74-20(5)86)45(97)55(27(12-81)115-64)122-68-53(105)58(123-70-60(125-63-33(73-19(4)85)43(95)38(90)23(8-77)112-63)52(104)56(28(13-82)117-70)119-62-32(72-18(3)84)42(94)37(89)22(7-76)111-62)41(93)29(118-68)14-108-69-59(49(101)40(92)25(10-79)114-69)124-65-35(75-21(6)87)46(98)54(26(11-80)116-65)121-67-51(103)48(100)39(91)24(9-78)113-67/h16,22-70,76-82,88-106H,7-15H2,1-6H3,(H,71,83)(H,72,84)(H,73,85)(H,74,86)(H,75,87)/t16-,22-,23-,24-,25-,26-,27-,28-,29-,30-,31-,32-,33-,34-,35-,36+,37-,38-,39+,40-,41-,42-,43-,44-,45-,46-,47+,48+,49+,50-,51-,52+,53+,54-,55-,56-,57-,58+,59+,60+,61-,62+,63+,64+,65+,66+,67+,68+,69+,70-/m1/s1. The summed E-state index contributed by atoms with van der Waals surface area (Å²) in [5, 5.41) is 304. The second kappa shape index (κ2) is 44.9. The average molecular weight is 1830 g/mol. The van der Waals surface area contributed by atoms with Crippen molar-refractivity contribution in [3.05, 3.63) is 0 Å². The molecule has 0 unspecified atom stereocenters. The Balaban J connectivity index is 1.02. The summed E-state index contributed by atoms with van der Waals surface area (Å²) >= 11 is 0. The monoisotopic (exact) mass is 1830 g/mol. The Morgan fingerprint density at radius 1 is 0.224 bits per heavy atom. The highest BCUT2D eigenvalue weighted by molar-refractivity contribution is 5.75. The smallest absolute Gasteiger partial charge is 0.217 e. The van der Waals surface area contributed by atoms with Gasteiger partial charge in [-0.25, -0.2) is 0 Å². The molecule has 0 radical (unpaired) electrons. The zero-order chi connectivity index (χ0) is 92.1. The minimum atomic E-state index is -2.67. The summed E-state index contributed by atoms with van der Waals surface area (Å²) < 4.78 is 114. The van der Waals surface area contributed by atoms with Gasteiger partial charge in [-0.3, -0.25) is 24.0 Å². The SMILES string of the molecule is CC(=O)N[C@@H]1[C@@H](O)[C@H](O[C@@H]2O[C@H](CO)[C@@H](O[C@@H]3O[C@H](CO[C@H]4O[C@H](CO)[C@@H](O)[C@H](O)[C@@H]4O[C@@H]4O[C@H](CO)[C@@H](O[C@@H]5O[C@H](CO)[C@H](O)[C@H](O)[C@H]5O)[C@H](O)[C@H]4NC(C)=O)[C@@H](O)[C@H](O[C@H]4O[C@H](CO)[C@@H](O[C@@H]5O[C@H](CO)[C@@H](O)[C@H](O)[C@H]5NC(C)=O)[C@H](O)[C@@H]4O[C@@H]4O[C@H](CO)[C@@H](O)[C@H](O)[C@H]4NC(C)=O)[C@@H]3O)[C@H](O)[C@H]2NC(C)=O)[C@@H](CO[C@H]2O[C@H](C)[C@H](O)[C@H](O)[C@H]2O)O[C@H]1O. The maximum atomic E-state index is 13.3. The molecule has 0 aliphatic carbocycles. The van der Waals surface area contributed by atoms with E-state index in [1.807, 2.05) is 0 Å². The van der Waals surface area contributed by atoms with Gasteiger partial charge in [0, 0.05) is 34.6 Å². The Labute approximate surface area is 708 Å². The fourth-order valence-electron chi connectivity index (χ4n) is 16.2. The van der Waals surface area contributed by atoms with Crippen LogP contribution < -0.4 is 26.6 Å². The fourth-order valence-corrected chi connectivity index (χ4v) is 16.2. The first-order valence-corrected chi connectivity index (χ1v) is 40.0. The van der Waals surface area contributed by atoms with Gasteiger partial charge in [-0.15, -0.1) is 0 Å². The van der Waals surface area contributed by atoms with Gasteiger partial charge in [0.2, 0.25) is 29.5 Å². The van der Waals surface area contributed by atoms with Crippen LogP contribution in [0.4, 0.5) is 0 Å². The van der Waals surface area contributed by atoms with Crippen molar-refractivity contribution in [2.75, 3.05) is 59.5 Å². The predicted molar refractivity (Wildman–Crippen MR) is 386 cm³/mol. The largest absolute Gasteiger partial charge is 0.394 e. The van der Waals surface area contributed by atoms with Crippen molar-refractivity contribution in [2.24, 2.45) is 0 Å². The third-order valence-corrected chi connectivity index (χ3v) is 22.8. The minimum absolute atomic E-state index is 0.853. The third kappa shape index (κ3) is 23.1. The van der Waals surface area contributed by atoms with Crippen LogP contribution in [0.5, 0.6) is 0 Å². The van der Waals surface area contributed by atoms with Crippen molar-refractivity contribution in [3.8, 4) is 0 Å². The molecule has 0 spiro atoms. The summed E-state index contributed by atoms with van der Waals surface area (Å²) in [6.45, 7) is -4.06. The maximum Gasteiger partial charge on any atom is 0.217 e. The number of rotatable bonds is 32. The quantitative estimate of drug-likeness (QED) is 0.0297. The topological polar surface area (TPSA) is 847 Å². The van der Waals surface area contributed by atoms with Gasteiger partial charge in [0.1, 0.15) is 238 Å². The van der Waals surface area contributed by atoms with Gasteiger partial charge >= 0.3 is 0 Å². The van der Waals surface area contributed by atoms with Gasteiger partial charge in [0.15, 0.2) is 62.9 Å². The lowest BCUT2D eigenvalue weighted by atomic mass is 9.93. The van der Waals surface area contributed by atoms with E-state index >= 15 is 0 Å². The maximum absolute atomic E-state index is 13.3. The zero-order valence-electron chi connectivity index (χ0n) is 67.7. The highest BCUT2D eigenvalue weighted by Gasteiger charge is 2.62. The summed E-state index contributed by atoms with van der Waals surface area (Å²) in [6, 6.07) is -9.49. The Morgan fingerprint density at radius 3 is 0.936 bits per heavy atom. The molecule has 10 heterocycles. The van der Waals surface area contributed by atoms with Gasteiger partial charge < -0.3 is 249 Å². The van der Waals surface area contributed by atoms with Gasteiger partial charge in [0.05, 0.1) is 65.6 Å². The van der Waals surface area contributed by atoms with E-state index in [1.165, 1.54) is 6.92 Å². The molecular weight excluding hydrogens is 1710 g/mol. The van der Waals surface area contributed by atoms with Crippen molar-refractivity contribution in [1.29, 1.82) is 0 Å². The normalized spacial score (nSPS) is 48.7. The van der Waals surface area contributed by atoms with E-state index in [-0.39, 0.29) is 0 Å². The molecule has 10 rings (SSSR count). The molecular formula is C70H117N5O50. The van der Waals surface area contributed by atoms with E-state index < -0.39 is 396 Å². The Hall–Kier alpha value is -4.45. The number of aliphatic hydroxyl groups excluding tert-OH is 26. The van der Waals surface area contributed by atoms with Crippen LogP contribution in [0.25, 0.3) is 0 Å². The summed E-state index contributed by atoms with van der Waals surface area (Å²) in [7, 11) is 0. The summed E-state index contributed by atoms with van der Waals surface area (Å²) in [5.41, 5.74) is 0. The molecule has 10 aliphatic rings. The van der Waals surface area contributed by atoms with E-state index in [1.54, 1.807) is 0 Å². The van der Waals surface area contributed by atoms with Crippen LogP contribution in [0.3, 0.4) is 0 Å². The van der Waals surface area contributed by atoms with Crippen molar-refractivity contribution in [3.63, 3.8) is 0 Å². The first-order chi connectivity index (χ1) is 59.1. The molecule has 0 aromatic carbocycles. The van der Waals surface area contributed by atoms with Crippen molar-refractivity contribution in [2.45, 2.75) is 348 Å². The van der Waals surface area contributed by atoms with Crippen molar-refractivity contribution >= 4 is 29.5 Å². The molecule has 10 fully saturated rings. The van der Waals surface area contributed by atoms with Crippen LogP contribution in [0.1, 0.15) is 41.5 Å².